The first-order valence-corrected chi connectivity index (χ1v) is 10.1. The minimum atomic E-state index is -0.110. The lowest BCUT2D eigenvalue weighted by Crippen LogP contribution is -2.36. The molecule has 2 aromatic rings. The van der Waals surface area contributed by atoms with E-state index in [1.54, 1.807) is 12.0 Å². The lowest BCUT2D eigenvalue weighted by atomic mass is 10.0. The number of carbonyl (C=O) groups is 2. The number of amides is 2. The number of hydrogen-bond donors (Lipinski definition) is 0. The topological polar surface area (TPSA) is 62.2 Å². The molecule has 0 aromatic heterocycles. The number of benzene rings is 2. The van der Waals surface area contributed by atoms with E-state index in [9.17, 15) is 9.59 Å². The van der Waals surface area contributed by atoms with Gasteiger partial charge < -0.3 is 9.64 Å². The zero-order chi connectivity index (χ0) is 20.2. The first kappa shape index (κ1) is 19.2. The van der Waals surface area contributed by atoms with Gasteiger partial charge in [-0.1, -0.05) is 42.5 Å². The van der Waals surface area contributed by atoms with Gasteiger partial charge in [-0.3, -0.25) is 9.59 Å². The van der Waals surface area contributed by atoms with Crippen LogP contribution in [0.5, 0.6) is 5.75 Å². The van der Waals surface area contributed by atoms with Gasteiger partial charge in [0.1, 0.15) is 5.75 Å². The van der Waals surface area contributed by atoms with Crippen LogP contribution >= 0.6 is 0 Å². The maximum Gasteiger partial charge on any atom is 0.243 e. The Hall–Kier alpha value is -3.15. The predicted molar refractivity (Wildman–Crippen MR) is 112 cm³/mol. The Labute approximate surface area is 170 Å². The normalized spacial score (nSPS) is 15.7. The van der Waals surface area contributed by atoms with E-state index < -0.39 is 0 Å². The number of carbonyl (C=O) groups excluding carboxylic acids is 2. The van der Waals surface area contributed by atoms with Crippen molar-refractivity contribution in [1.82, 2.24) is 5.01 Å². The Morgan fingerprint density at radius 1 is 0.966 bits per heavy atom. The summed E-state index contributed by atoms with van der Waals surface area (Å²) in [7, 11) is 1.62. The van der Waals surface area contributed by atoms with Crippen LogP contribution in [0.15, 0.2) is 53.6 Å². The minimum absolute atomic E-state index is 0.0461. The van der Waals surface area contributed by atoms with Gasteiger partial charge in [-0.05, 0) is 30.0 Å². The number of hydrazone groups is 1. The molecule has 0 saturated carbocycles. The maximum atomic E-state index is 12.9. The number of hydrogen-bond acceptors (Lipinski definition) is 4. The van der Waals surface area contributed by atoms with Crippen molar-refractivity contribution < 1.29 is 14.3 Å². The van der Waals surface area contributed by atoms with Crippen LogP contribution in [0.3, 0.4) is 0 Å². The van der Waals surface area contributed by atoms with Gasteiger partial charge in [0.15, 0.2) is 0 Å². The molecule has 0 N–H and O–H groups in total. The number of ether oxygens (including phenoxy) is 1. The molecule has 2 aliphatic heterocycles. The molecule has 0 radical (unpaired) electrons. The summed E-state index contributed by atoms with van der Waals surface area (Å²) < 4.78 is 5.47. The highest BCUT2D eigenvalue weighted by atomic mass is 16.5. The van der Waals surface area contributed by atoms with E-state index in [1.165, 1.54) is 5.01 Å². The molecule has 2 aromatic carbocycles. The largest absolute Gasteiger partial charge is 0.495 e. The highest BCUT2D eigenvalue weighted by Gasteiger charge is 2.27. The Kier molecular flexibility index (Phi) is 5.60. The smallest absolute Gasteiger partial charge is 0.243 e. The summed E-state index contributed by atoms with van der Waals surface area (Å²) in [5.41, 5.74) is 3.92. The zero-order valence-corrected chi connectivity index (χ0v) is 16.6. The van der Waals surface area contributed by atoms with Crippen LogP contribution in [0.25, 0.3) is 0 Å². The third kappa shape index (κ3) is 4.01. The summed E-state index contributed by atoms with van der Waals surface area (Å²) in [6.07, 6.45) is 2.91. The van der Waals surface area contributed by atoms with Crippen LogP contribution in [0.4, 0.5) is 5.69 Å². The van der Waals surface area contributed by atoms with E-state index in [2.05, 4.69) is 5.10 Å². The number of methoxy groups -OCH3 is 1. The van der Waals surface area contributed by atoms with Gasteiger partial charge in [-0.25, -0.2) is 5.01 Å². The third-order valence-electron chi connectivity index (χ3n) is 5.45. The number of nitrogens with zero attached hydrogens (tertiary/aromatic N) is 3. The first-order chi connectivity index (χ1) is 14.2. The lowest BCUT2D eigenvalue weighted by Gasteiger charge is -2.31. The molecule has 0 atom stereocenters. The average molecular weight is 391 g/mol. The van der Waals surface area contributed by atoms with E-state index in [1.807, 2.05) is 48.5 Å². The van der Waals surface area contributed by atoms with Crippen LogP contribution in [0.1, 0.15) is 36.8 Å². The van der Waals surface area contributed by atoms with Gasteiger partial charge in [0, 0.05) is 25.8 Å². The molecule has 2 aliphatic rings. The number of fused-ring (bicyclic) bond motifs is 1. The molecule has 0 spiro atoms. The second-order valence-electron chi connectivity index (χ2n) is 7.30. The number of rotatable bonds is 5. The van der Waals surface area contributed by atoms with Crippen LogP contribution in [0, 0.1) is 0 Å². The van der Waals surface area contributed by atoms with Crippen LogP contribution in [-0.4, -0.2) is 42.7 Å². The Morgan fingerprint density at radius 2 is 1.76 bits per heavy atom. The molecule has 0 saturated heterocycles. The molecular formula is C23H25N3O3. The van der Waals surface area contributed by atoms with Crippen molar-refractivity contribution in [3.63, 3.8) is 0 Å². The minimum Gasteiger partial charge on any atom is -0.495 e. The van der Waals surface area contributed by atoms with Crippen molar-refractivity contribution in [2.45, 2.75) is 32.1 Å². The van der Waals surface area contributed by atoms with Crippen molar-refractivity contribution in [2.75, 3.05) is 25.1 Å². The Morgan fingerprint density at radius 3 is 2.55 bits per heavy atom. The summed E-state index contributed by atoms with van der Waals surface area (Å²) in [5, 5.41) is 5.97. The van der Waals surface area contributed by atoms with Crippen molar-refractivity contribution in [3.05, 3.63) is 59.7 Å². The first-order valence-electron chi connectivity index (χ1n) is 10.1. The SMILES string of the molecule is COc1cccc2c1N(C(=O)CCC(=O)N1CCC(c3ccccc3)=N1)CCC2. The quantitative estimate of drug-likeness (QED) is 0.785. The summed E-state index contributed by atoms with van der Waals surface area (Å²) in [6, 6.07) is 15.7. The molecule has 0 fully saturated rings. The highest BCUT2D eigenvalue weighted by molar-refractivity contribution is 6.03. The van der Waals surface area contributed by atoms with E-state index in [4.69, 9.17) is 4.74 Å². The number of aryl methyl sites for hydroxylation is 1. The molecule has 6 heteroatoms. The highest BCUT2D eigenvalue weighted by Crippen LogP contribution is 2.36. The van der Waals surface area contributed by atoms with E-state index in [0.717, 1.165) is 41.8 Å². The molecule has 6 nitrogen and oxygen atoms in total. The van der Waals surface area contributed by atoms with Crippen molar-refractivity contribution >= 4 is 23.2 Å². The fourth-order valence-corrected chi connectivity index (χ4v) is 3.98. The van der Waals surface area contributed by atoms with Crippen LogP contribution in [0.2, 0.25) is 0 Å². The van der Waals surface area contributed by atoms with E-state index >= 15 is 0 Å². The Balaban J connectivity index is 1.40. The molecular weight excluding hydrogens is 366 g/mol. The van der Waals surface area contributed by atoms with Gasteiger partial charge in [0.2, 0.25) is 11.8 Å². The van der Waals surface area contributed by atoms with Gasteiger partial charge >= 0.3 is 0 Å². The van der Waals surface area contributed by atoms with Gasteiger partial charge in [0.05, 0.1) is 25.1 Å². The predicted octanol–water partition coefficient (Wildman–Crippen LogP) is 3.39. The molecule has 0 aliphatic carbocycles. The Bertz CT molecular complexity index is 925. The number of anilines is 1. The molecule has 0 bridgehead atoms. The standard InChI is InChI=1S/C23H25N3O3/c1-29-20-11-5-9-18-10-6-15-25(23(18)20)21(27)12-13-22(28)26-16-14-19(24-26)17-7-3-2-4-8-17/h2-5,7-9,11H,6,10,12-16H2,1H3. The molecule has 2 heterocycles. The fourth-order valence-electron chi connectivity index (χ4n) is 3.98. The van der Waals surface area contributed by atoms with Gasteiger partial charge in [-0.2, -0.15) is 5.10 Å². The zero-order valence-electron chi connectivity index (χ0n) is 16.6. The van der Waals surface area contributed by atoms with Crippen molar-refractivity contribution in [3.8, 4) is 5.75 Å². The summed E-state index contributed by atoms with van der Waals surface area (Å²) >= 11 is 0. The second-order valence-corrected chi connectivity index (χ2v) is 7.30. The number of para-hydroxylation sites is 1. The summed E-state index contributed by atoms with van der Waals surface area (Å²) in [5.74, 6) is 0.551. The second kappa shape index (κ2) is 8.47. The third-order valence-corrected chi connectivity index (χ3v) is 5.45. The summed E-state index contributed by atoms with van der Waals surface area (Å²) in [6.45, 7) is 1.22. The van der Waals surface area contributed by atoms with Crippen molar-refractivity contribution in [1.29, 1.82) is 0 Å². The average Bonchev–Trinajstić information content (AvgIpc) is 3.27. The summed E-state index contributed by atoms with van der Waals surface area (Å²) in [4.78, 5) is 27.3. The monoisotopic (exact) mass is 391 g/mol. The molecule has 0 unspecified atom stereocenters. The van der Waals surface area contributed by atoms with Crippen LogP contribution in [-0.2, 0) is 16.0 Å². The van der Waals surface area contributed by atoms with E-state index in [-0.39, 0.29) is 24.7 Å². The molecule has 29 heavy (non-hydrogen) atoms. The van der Waals surface area contributed by atoms with E-state index in [0.29, 0.717) is 18.8 Å². The van der Waals surface area contributed by atoms with Gasteiger partial charge in [0.25, 0.3) is 0 Å². The molecule has 4 rings (SSSR count). The molecule has 150 valence electrons. The van der Waals surface area contributed by atoms with Crippen molar-refractivity contribution in [2.24, 2.45) is 5.10 Å². The maximum absolute atomic E-state index is 12.9. The van der Waals surface area contributed by atoms with Gasteiger partial charge in [-0.15, -0.1) is 0 Å². The fraction of sp³-hybridized carbons (Fsp3) is 0.348. The van der Waals surface area contributed by atoms with Crippen LogP contribution < -0.4 is 9.64 Å². The molecule has 2 amide bonds. The lowest BCUT2D eigenvalue weighted by molar-refractivity contribution is -0.132.